The normalized spacial score (nSPS) is 9.62. The van der Waals surface area contributed by atoms with E-state index < -0.39 is 0 Å². The predicted molar refractivity (Wildman–Crippen MR) is 73.9 cm³/mol. The van der Waals surface area contributed by atoms with Crippen LogP contribution in [0, 0.1) is 11.8 Å². The van der Waals surface area contributed by atoms with Crippen LogP contribution >= 0.6 is 11.8 Å². The van der Waals surface area contributed by atoms with Gasteiger partial charge in [-0.3, -0.25) is 0 Å². The van der Waals surface area contributed by atoms with Crippen LogP contribution in [0.15, 0.2) is 29.2 Å². The fourth-order valence-corrected chi connectivity index (χ4v) is 2.10. The van der Waals surface area contributed by atoms with Gasteiger partial charge in [0, 0.05) is 16.9 Å². The summed E-state index contributed by atoms with van der Waals surface area (Å²) in [6.07, 6.45) is 8.31. The van der Waals surface area contributed by atoms with E-state index in [-0.39, 0.29) is 0 Å². The van der Waals surface area contributed by atoms with Gasteiger partial charge in [0.2, 0.25) is 0 Å². The second-order valence-electron chi connectivity index (χ2n) is 3.81. The van der Waals surface area contributed by atoms with Crippen molar-refractivity contribution in [2.45, 2.75) is 43.9 Å². The Hall–Kier alpha value is -0.870. The van der Waals surface area contributed by atoms with Crippen molar-refractivity contribution in [3.05, 3.63) is 29.8 Å². The zero-order valence-corrected chi connectivity index (χ0v) is 11.1. The van der Waals surface area contributed by atoms with E-state index in [1.165, 1.54) is 36.1 Å². The SMILES string of the molecule is CCCCCCC#Cc1ccccc1SC. The summed E-state index contributed by atoms with van der Waals surface area (Å²) in [5, 5.41) is 0. The lowest BCUT2D eigenvalue weighted by molar-refractivity contribution is 0.679. The highest BCUT2D eigenvalue weighted by atomic mass is 32.2. The van der Waals surface area contributed by atoms with Crippen LogP contribution in [-0.2, 0) is 0 Å². The maximum absolute atomic E-state index is 3.27. The van der Waals surface area contributed by atoms with Gasteiger partial charge < -0.3 is 0 Å². The van der Waals surface area contributed by atoms with Crippen LogP contribution in [-0.4, -0.2) is 6.26 Å². The highest BCUT2D eigenvalue weighted by Gasteiger charge is 1.94. The molecule has 0 aliphatic heterocycles. The van der Waals surface area contributed by atoms with Crippen LogP contribution in [0.1, 0.15) is 44.6 Å². The molecule has 0 bridgehead atoms. The number of unbranched alkanes of at least 4 members (excludes halogenated alkanes) is 4. The summed E-state index contributed by atoms with van der Waals surface area (Å²) in [7, 11) is 0. The largest absolute Gasteiger partial charge is 0.128 e. The monoisotopic (exact) mass is 232 g/mol. The quantitative estimate of drug-likeness (QED) is 0.402. The van der Waals surface area contributed by atoms with Gasteiger partial charge in [-0.1, -0.05) is 50.2 Å². The maximum Gasteiger partial charge on any atom is 0.0381 e. The van der Waals surface area contributed by atoms with Gasteiger partial charge in [-0.05, 0) is 24.8 Å². The first-order chi connectivity index (χ1) is 7.88. The summed E-state index contributed by atoms with van der Waals surface area (Å²) in [6.45, 7) is 2.24. The number of hydrogen-bond acceptors (Lipinski definition) is 1. The minimum Gasteiger partial charge on any atom is -0.128 e. The molecule has 16 heavy (non-hydrogen) atoms. The first-order valence-electron chi connectivity index (χ1n) is 6.00. The third-order valence-corrected chi connectivity index (χ3v) is 3.28. The van der Waals surface area contributed by atoms with E-state index >= 15 is 0 Å². The highest BCUT2D eigenvalue weighted by molar-refractivity contribution is 7.98. The molecule has 0 heterocycles. The number of benzene rings is 1. The standard InChI is InChI=1S/C15H20S/c1-3-4-5-6-7-8-11-14-12-9-10-13-15(14)16-2/h9-10,12-13H,3-7H2,1-2H3. The van der Waals surface area contributed by atoms with Gasteiger partial charge in [-0.25, -0.2) is 0 Å². The van der Waals surface area contributed by atoms with E-state index in [0.717, 1.165) is 6.42 Å². The first kappa shape index (κ1) is 13.2. The van der Waals surface area contributed by atoms with Crippen LogP contribution < -0.4 is 0 Å². The first-order valence-corrected chi connectivity index (χ1v) is 7.23. The number of thioether (sulfide) groups is 1. The Kier molecular flexibility index (Phi) is 6.85. The molecule has 0 saturated carbocycles. The molecule has 0 aromatic heterocycles. The van der Waals surface area contributed by atoms with Crippen molar-refractivity contribution in [2.24, 2.45) is 0 Å². The molecule has 1 aromatic rings. The zero-order valence-electron chi connectivity index (χ0n) is 10.3. The molecular formula is C15H20S. The molecule has 0 aliphatic rings. The van der Waals surface area contributed by atoms with Crippen LogP contribution in [0.4, 0.5) is 0 Å². The molecule has 0 atom stereocenters. The zero-order chi connectivity index (χ0) is 11.6. The molecule has 0 fully saturated rings. The smallest absolute Gasteiger partial charge is 0.0381 e. The molecule has 86 valence electrons. The second-order valence-corrected chi connectivity index (χ2v) is 4.66. The molecule has 1 heteroatoms. The topological polar surface area (TPSA) is 0 Å². The van der Waals surface area contributed by atoms with Crippen molar-refractivity contribution in [3.8, 4) is 11.8 Å². The van der Waals surface area contributed by atoms with Gasteiger partial charge in [-0.2, -0.15) is 0 Å². The van der Waals surface area contributed by atoms with Crippen molar-refractivity contribution < 1.29 is 0 Å². The lowest BCUT2D eigenvalue weighted by Gasteiger charge is -1.98. The molecular weight excluding hydrogens is 212 g/mol. The van der Waals surface area contributed by atoms with E-state index in [9.17, 15) is 0 Å². The third kappa shape index (κ3) is 4.77. The minimum absolute atomic E-state index is 1.03. The van der Waals surface area contributed by atoms with Gasteiger partial charge in [-0.15, -0.1) is 11.8 Å². The summed E-state index contributed by atoms with van der Waals surface area (Å²) in [4.78, 5) is 1.28. The Morgan fingerprint density at radius 2 is 1.94 bits per heavy atom. The Morgan fingerprint density at radius 1 is 1.12 bits per heavy atom. The van der Waals surface area contributed by atoms with Crippen LogP contribution in [0.25, 0.3) is 0 Å². The van der Waals surface area contributed by atoms with Crippen molar-refractivity contribution in [2.75, 3.05) is 6.26 Å². The maximum atomic E-state index is 3.27. The van der Waals surface area contributed by atoms with Crippen LogP contribution in [0.5, 0.6) is 0 Å². The van der Waals surface area contributed by atoms with Crippen molar-refractivity contribution >= 4 is 11.8 Å². The van der Waals surface area contributed by atoms with E-state index in [2.05, 4.69) is 49.3 Å². The summed E-state index contributed by atoms with van der Waals surface area (Å²) in [6, 6.07) is 8.36. The molecule has 0 radical (unpaired) electrons. The lowest BCUT2D eigenvalue weighted by Crippen LogP contribution is -1.79. The highest BCUT2D eigenvalue weighted by Crippen LogP contribution is 2.18. The molecule has 1 rings (SSSR count). The summed E-state index contributed by atoms with van der Waals surface area (Å²) >= 11 is 1.76. The Morgan fingerprint density at radius 3 is 2.69 bits per heavy atom. The van der Waals surface area contributed by atoms with Gasteiger partial charge in [0.1, 0.15) is 0 Å². The van der Waals surface area contributed by atoms with E-state index in [1.807, 2.05) is 0 Å². The average molecular weight is 232 g/mol. The van der Waals surface area contributed by atoms with Gasteiger partial charge in [0.15, 0.2) is 0 Å². The van der Waals surface area contributed by atoms with Crippen molar-refractivity contribution in [3.63, 3.8) is 0 Å². The van der Waals surface area contributed by atoms with E-state index in [1.54, 1.807) is 11.8 Å². The summed E-state index contributed by atoms with van der Waals surface area (Å²) in [5.41, 5.74) is 1.17. The predicted octanol–water partition coefficient (Wildman–Crippen LogP) is 4.73. The molecule has 0 amide bonds. The molecule has 0 unspecified atom stereocenters. The fraction of sp³-hybridized carbons (Fsp3) is 0.467. The van der Waals surface area contributed by atoms with E-state index in [4.69, 9.17) is 0 Å². The molecule has 0 nitrogen and oxygen atoms in total. The molecule has 0 N–H and O–H groups in total. The van der Waals surface area contributed by atoms with Crippen molar-refractivity contribution in [1.82, 2.24) is 0 Å². The summed E-state index contributed by atoms with van der Waals surface area (Å²) < 4.78 is 0. The number of hydrogen-bond donors (Lipinski definition) is 0. The van der Waals surface area contributed by atoms with Gasteiger partial charge >= 0.3 is 0 Å². The molecule has 1 aromatic carbocycles. The Balaban J connectivity index is 2.43. The molecule has 0 saturated heterocycles. The van der Waals surface area contributed by atoms with E-state index in [0.29, 0.717) is 0 Å². The van der Waals surface area contributed by atoms with Gasteiger partial charge in [0.05, 0.1) is 0 Å². The summed E-state index contributed by atoms with van der Waals surface area (Å²) in [5.74, 6) is 6.54. The number of rotatable bonds is 5. The fourth-order valence-electron chi connectivity index (χ4n) is 1.55. The van der Waals surface area contributed by atoms with Crippen LogP contribution in [0.2, 0.25) is 0 Å². The Labute approximate surface area is 104 Å². The molecule has 0 spiro atoms. The average Bonchev–Trinajstić information content (AvgIpc) is 2.34. The molecule has 0 aliphatic carbocycles. The second kappa shape index (κ2) is 8.30. The van der Waals surface area contributed by atoms with Crippen molar-refractivity contribution in [1.29, 1.82) is 0 Å². The van der Waals surface area contributed by atoms with Crippen LogP contribution in [0.3, 0.4) is 0 Å². The minimum atomic E-state index is 1.03. The third-order valence-electron chi connectivity index (χ3n) is 2.49. The Bertz CT molecular complexity index is 357. The van der Waals surface area contributed by atoms with Gasteiger partial charge in [0.25, 0.3) is 0 Å². The lowest BCUT2D eigenvalue weighted by atomic mass is 10.1.